The van der Waals surface area contributed by atoms with E-state index in [0.717, 1.165) is 36.7 Å². The summed E-state index contributed by atoms with van der Waals surface area (Å²) in [4.78, 5) is 3.71. The van der Waals surface area contributed by atoms with Gasteiger partial charge in [-0.3, -0.25) is 4.90 Å². The number of hydrogen-bond acceptors (Lipinski definition) is 5. The van der Waals surface area contributed by atoms with Crippen LogP contribution in [-0.2, 0) is 4.74 Å². The third-order valence-corrected chi connectivity index (χ3v) is 5.38. The lowest BCUT2D eigenvalue weighted by atomic mass is 9.98. The second-order valence-corrected chi connectivity index (χ2v) is 7.24. The maximum atomic E-state index is 8.83. The number of aliphatic hydroxyl groups is 1. The number of nitrogens with zero attached hydrogens (tertiary/aromatic N) is 1. The first-order valence-electron chi connectivity index (χ1n) is 7.63. The first-order chi connectivity index (χ1) is 10.2. The molecule has 2 unspecified atom stereocenters. The second-order valence-electron chi connectivity index (χ2n) is 5.49. The van der Waals surface area contributed by atoms with E-state index in [4.69, 9.17) is 27.2 Å². The molecule has 0 aliphatic carbocycles. The van der Waals surface area contributed by atoms with Crippen molar-refractivity contribution >= 4 is 22.9 Å². The van der Waals surface area contributed by atoms with E-state index in [9.17, 15) is 0 Å². The van der Waals surface area contributed by atoms with Gasteiger partial charge in [-0.15, -0.1) is 11.3 Å². The molecule has 0 spiro atoms. The Kier molecular flexibility index (Phi) is 6.92. The fraction of sp³-hybridized carbons (Fsp3) is 0.733. The van der Waals surface area contributed by atoms with Crippen molar-refractivity contribution in [2.24, 2.45) is 5.73 Å². The van der Waals surface area contributed by atoms with Crippen molar-refractivity contribution in [3.8, 4) is 0 Å². The zero-order valence-corrected chi connectivity index (χ0v) is 14.1. The van der Waals surface area contributed by atoms with Crippen LogP contribution in [0.4, 0.5) is 0 Å². The summed E-state index contributed by atoms with van der Waals surface area (Å²) in [5.74, 6) is 0. The molecular formula is C15H25ClN2O2S. The van der Waals surface area contributed by atoms with Crippen LogP contribution in [0.3, 0.4) is 0 Å². The maximum Gasteiger partial charge on any atom is 0.0931 e. The molecule has 1 saturated heterocycles. The van der Waals surface area contributed by atoms with Gasteiger partial charge in [0.15, 0.2) is 0 Å². The molecule has 120 valence electrons. The fourth-order valence-corrected chi connectivity index (χ4v) is 4.18. The molecule has 1 aliphatic rings. The molecule has 4 nitrogen and oxygen atoms in total. The maximum absolute atomic E-state index is 8.83. The molecule has 1 aromatic heterocycles. The molecule has 1 aromatic rings. The Morgan fingerprint density at radius 3 is 2.71 bits per heavy atom. The van der Waals surface area contributed by atoms with E-state index in [1.165, 1.54) is 4.88 Å². The van der Waals surface area contributed by atoms with Crippen LogP contribution >= 0.6 is 22.9 Å². The van der Waals surface area contributed by atoms with Crippen LogP contribution in [0.15, 0.2) is 12.1 Å². The number of thiophene rings is 1. The molecule has 2 rings (SSSR count). The van der Waals surface area contributed by atoms with Gasteiger partial charge in [-0.2, -0.15) is 0 Å². The first kappa shape index (κ1) is 17.2. The van der Waals surface area contributed by atoms with Crippen LogP contribution in [0.5, 0.6) is 0 Å². The minimum absolute atomic E-state index is 0.0945. The molecule has 0 aromatic carbocycles. The van der Waals surface area contributed by atoms with Crippen LogP contribution < -0.4 is 5.73 Å². The molecule has 0 radical (unpaired) electrons. The third kappa shape index (κ3) is 4.65. The molecule has 1 aliphatic heterocycles. The number of likely N-dealkylation sites (tertiary alicyclic amines) is 1. The van der Waals surface area contributed by atoms with Crippen molar-refractivity contribution in [2.45, 2.75) is 44.4 Å². The monoisotopic (exact) mass is 332 g/mol. The van der Waals surface area contributed by atoms with E-state index < -0.39 is 0 Å². The van der Waals surface area contributed by atoms with Gasteiger partial charge in [0.1, 0.15) is 0 Å². The third-order valence-electron chi connectivity index (χ3n) is 4.08. The standard InChI is InChI=1S/C15H25ClN2O2S/c1-2-12(17)15(13-3-4-14(16)21-13)18-7-5-11(6-8-18)20-10-9-19/h3-4,11-12,15,19H,2,5-10,17H2,1H3. The average molecular weight is 333 g/mol. The predicted molar refractivity (Wildman–Crippen MR) is 88.0 cm³/mol. The van der Waals surface area contributed by atoms with Gasteiger partial charge in [0.05, 0.1) is 29.7 Å². The predicted octanol–water partition coefficient (Wildman–Crippen LogP) is 2.65. The normalized spacial score (nSPS) is 20.6. The van der Waals surface area contributed by atoms with E-state index in [2.05, 4.69) is 17.9 Å². The summed E-state index contributed by atoms with van der Waals surface area (Å²) in [5.41, 5.74) is 6.36. The molecule has 0 amide bonds. The Labute approximate surface area is 135 Å². The molecule has 2 atom stereocenters. The minimum atomic E-state index is 0.0945. The number of nitrogens with two attached hydrogens (primary N) is 1. The summed E-state index contributed by atoms with van der Waals surface area (Å²) >= 11 is 7.71. The van der Waals surface area contributed by atoms with Crippen molar-refractivity contribution in [2.75, 3.05) is 26.3 Å². The number of rotatable bonds is 7. The molecule has 6 heteroatoms. The average Bonchev–Trinajstić information content (AvgIpc) is 2.92. The Hall–Kier alpha value is -0.170. The Bertz CT molecular complexity index is 422. The van der Waals surface area contributed by atoms with Crippen molar-refractivity contribution in [3.63, 3.8) is 0 Å². The Balaban J connectivity index is 1.99. The highest BCUT2D eigenvalue weighted by atomic mass is 35.5. The lowest BCUT2D eigenvalue weighted by Crippen LogP contribution is -2.45. The lowest BCUT2D eigenvalue weighted by Gasteiger charge is -2.39. The quantitative estimate of drug-likeness (QED) is 0.806. The van der Waals surface area contributed by atoms with Gasteiger partial charge in [0.2, 0.25) is 0 Å². The van der Waals surface area contributed by atoms with Gasteiger partial charge >= 0.3 is 0 Å². The molecular weight excluding hydrogens is 308 g/mol. The Morgan fingerprint density at radius 2 is 2.19 bits per heavy atom. The van der Waals surface area contributed by atoms with Crippen LogP contribution in [0.25, 0.3) is 0 Å². The van der Waals surface area contributed by atoms with Crippen molar-refractivity contribution in [1.82, 2.24) is 4.90 Å². The van der Waals surface area contributed by atoms with Crippen molar-refractivity contribution in [1.29, 1.82) is 0 Å². The second kappa shape index (κ2) is 8.46. The summed E-state index contributed by atoms with van der Waals surface area (Å²) in [5, 5.41) is 8.83. The van der Waals surface area contributed by atoms with Crippen LogP contribution in [0.1, 0.15) is 37.1 Å². The van der Waals surface area contributed by atoms with E-state index in [1.807, 2.05) is 6.07 Å². The van der Waals surface area contributed by atoms with Gasteiger partial charge in [-0.25, -0.2) is 0 Å². The van der Waals surface area contributed by atoms with Gasteiger partial charge in [-0.1, -0.05) is 18.5 Å². The van der Waals surface area contributed by atoms with Gasteiger partial charge in [0, 0.05) is 24.0 Å². The highest BCUT2D eigenvalue weighted by Gasteiger charge is 2.30. The number of ether oxygens (including phenoxy) is 1. The SMILES string of the molecule is CCC(N)C(c1ccc(Cl)s1)N1CCC(OCCO)CC1. The van der Waals surface area contributed by atoms with Gasteiger partial charge < -0.3 is 15.6 Å². The lowest BCUT2D eigenvalue weighted by molar-refractivity contribution is -0.0175. The van der Waals surface area contributed by atoms with E-state index >= 15 is 0 Å². The topological polar surface area (TPSA) is 58.7 Å². The largest absolute Gasteiger partial charge is 0.394 e. The zero-order chi connectivity index (χ0) is 15.2. The summed E-state index contributed by atoms with van der Waals surface area (Å²) in [6.07, 6.45) is 3.19. The minimum Gasteiger partial charge on any atom is -0.394 e. The summed E-state index contributed by atoms with van der Waals surface area (Å²) in [7, 11) is 0. The van der Waals surface area contributed by atoms with E-state index in [-0.39, 0.29) is 24.8 Å². The van der Waals surface area contributed by atoms with Gasteiger partial charge in [-0.05, 0) is 31.4 Å². The molecule has 0 bridgehead atoms. The van der Waals surface area contributed by atoms with Crippen LogP contribution in [0, 0.1) is 0 Å². The zero-order valence-electron chi connectivity index (χ0n) is 12.5. The first-order valence-corrected chi connectivity index (χ1v) is 8.82. The Morgan fingerprint density at radius 1 is 1.48 bits per heavy atom. The van der Waals surface area contributed by atoms with E-state index in [1.54, 1.807) is 11.3 Å². The number of aliphatic hydroxyl groups excluding tert-OH is 1. The van der Waals surface area contributed by atoms with E-state index in [0.29, 0.717) is 6.61 Å². The highest BCUT2D eigenvalue weighted by Crippen LogP contribution is 2.34. The molecule has 21 heavy (non-hydrogen) atoms. The molecule has 3 N–H and O–H groups in total. The highest BCUT2D eigenvalue weighted by molar-refractivity contribution is 7.16. The molecule has 0 saturated carbocycles. The molecule has 2 heterocycles. The van der Waals surface area contributed by atoms with Crippen LogP contribution in [0.2, 0.25) is 4.34 Å². The fourth-order valence-electron chi connectivity index (χ4n) is 2.91. The van der Waals surface area contributed by atoms with Crippen LogP contribution in [-0.4, -0.2) is 48.5 Å². The van der Waals surface area contributed by atoms with Gasteiger partial charge in [0.25, 0.3) is 0 Å². The number of halogens is 1. The summed E-state index contributed by atoms with van der Waals surface area (Å²) in [6.45, 7) is 4.61. The summed E-state index contributed by atoms with van der Waals surface area (Å²) in [6, 6.07) is 4.41. The van der Waals surface area contributed by atoms with Crippen molar-refractivity contribution in [3.05, 3.63) is 21.3 Å². The number of hydrogen-bond donors (Lipinski definition) is 2. The van der Waals surface area contributed by atoms with Crippen molar-refractivity contribution < 1.29 is 9.84 Å². The molecule has 1 fully saturated rings. The summed E-state index contributed by atoms with van der Waals surface area (Å²) < 4.78 is 6.45. The smallest absolute Gasteiger partial charge is 0.0931 e. The number of piperidine rings is 1.